The van der Waals surface area contributed by atoms with E-state index in [0.717, 1.165) is 5.56 Å². The number of ether oxygens (including phenoxy) is 1. The first-order valence-electron chi connectivity index (χ1n) is 15.4. The zero-order valence-corrected chi connectivity index (χ0v) is 27.9. The van der Waals surface area contributed by atoms with Crippen LogP contribution >= 0.6 is 11.6 Å². The molecule has 0 unspecified atom stereocenters. The van der Waals surface area contributed by atoms with E-state index in [0.29, 0.717) is 48.6 Å². The molecule has 1 aliphatic rings. The number of pyridine rings is 3. The van der Waals surface area contributed by atoms with Gasteiger partial charge in [0.05, 0.1) is 27.8 Å². The summed E-state index contributed by atoms with van der Waals surface area (Å²) in [4.78, 5) is 40.5. The van der Waals surface area contributed by atoms with Crippen molar-refractivity contribution in [3.05, 3.63) is 80.6 Å². The molecule has 0 spiro atoms. The van der Waals surface area contributed by atoms with Crippen molar-refractivity contribution in [3.8, 4) is 23.0 Å². The molecular weight excluding hydrogens is 607 g/mol. The van der Waals surface area contributed by atoms with Gasteiger partial charge >= 0.3 is 6.09 Å². The normalized spacial score (nSPS) is 13.9. The number of nitrogens with zero attached hydrogens (tertiary/aromatic N) is 6. The molecule has 1 saturated heterocycles. The summed E-state index contributed by atoms with van der Waals surface area (Å²) in [7, 11) is 0. The first-order chi connectivity index (χ1) is 21.7. The number of fused-ring (bicyclic) bond motifs is 1. The highest BCUT2D eigenvalue weighted by molar-refractivity contribution is 6.34. The van der Waals surface area contributed by atoms with Crippen molar-refractivity contribution in [2.24, 2.45) is 0 Å². The smallest absolute Gasteiger partial charge is 0.410 e. The number of hydrogen-bond donors (Lipinski definition) is 0. The number of piperazine rings is 1. The molecule has 0 atom stereocenters. The number of nitriles is 1. The number of aromatic nitrogens is 3. The lowest BCUT2D eigenvalue weighted by Crippen LogP contribution is -2.50. The van der Waals surface area contributed by atoms with Crippen molar-refractivity contribution in [2.75, 3.05) is 31.1 Å². The third-order valence-electron chi connectivity index (χ3n) is 7.94. The fourth-order valence-electron chi connectivity index (χ4n) is 5.80. The van der Waals surface area contributed by atoms with E-state index in [2.05, 4.69) is 11.1 Å². The van der Waals surface area contributed by atoms with Crippen LogP contribution in [0.3, 0.4) is 0 Å². The standard InChI is InChI=1S/C35H38ClFN6O3/c1-20(2)22-12-13-39-28(21(3)4)31(22)43-32-24(18-26(36)29(40-32)23-10-8-9-11-27(23)37)30(25(19-38)33(43)44)41-14-16-42(17-15-41)34(45)46-35(5,6)7/h8-13,18,20-21H,14-17H2,1-7H3. The van der Waals surface area contributed by atoms with Crippen LogP contribution in [-0.4, -0.2) is 57.3 Å². The Morgan fingerprint density at radius 2 is 1.72 bits per heavy atom. The van der Waals surface area contributed by atoms with Crippen LogP contribution in [0.2, 0.25) is 5.02 Å². The van der Waals surface area contributed by atoms with Crippen molar-refractivity contribution in [1.29, 1.82) is 5.26 Å². The third kappa shape index (κ3) is 6.16. The Kier molecular flexibility index (Phi) is 9.09. The Morgan fingerprint density at radius 1 is 1.04 bits per heavy atom. The number of amides is 1. The second-order valence-electron chi connectivity index (χ2n) is 13.0. The van der Waals surface area contributed by atoms with E-state index in [4.69, 9.17) is 21.3 Å². The molecule has 46 heavy (non-hydrogen) atoms. The van der Waals surface area contributed by atoms with E-state index in [-0.39, 0.29) is 39.3 Å². The highest BCUT2D eigenvalue weighted by Crippen LogP contribution is 2.38. The Labute approximate surface area is 273 Å². The average molecular weight is 645 g/mol. The second-order valence-corrected chi connectivity index (χ2v) is 13.5. The first kappa shape index (κ1) is 32.9. The molecule has 0 saturated carbocycles. The molecule has 0 bridgehead atoms. The maximum Gasteiger partial charge on any atom is 0.410 e. The lowest BCUT2D eigenvalue weighted by molar-refractivity contribution is 0.0240. The van der Waals surface area contributed by atoms with Crippen LogP contribution in [0.25, 0.3) is 28.0 Å². The minimum absolute atomic E-state index is 0.00179. The number of hydrogen-bond acceptors (Lipinski definition) is 7. The molecule has 5 rings (SSSR count). The van der Waals surface area contributed by atoms with Gasteiger partial charge in [0, 0.05) is 43.3 Å². The van der Waals surface area contributed by atoms with Gasteiger partial charge in [-0.25, -0.2) is 14.2 Å². The molecular formula is C35H38ClFN6O3. The molecule has 3 aromatic heterocycles. The molecule has 1 amide bonds. The van der Waals surface area contributed by atoms with E-state index in [1.165, 1.54) is 10.6 Å². The summed E-state index contributed by atoms with van der Waals surface area (Å²) < 4.78 is 22.1. The molecule has 11 heteroatoms. The van der Waals surface area contributed by atoms with Crippen molar-refractivity contribution in [3.63, 3.8) is 0 Å². The third-order valence-corrected chi connectivity index (χ3v) is 8.23. The van der Waals surface area contributed by atoms with Crippen LogP contribution in [0.1, 0.15) is 77.1 Å². The van der Waals surface area contributed by atoms with E-state index in [1.54, 1.807) is 35.4 Å². The maximum atomic E-state index is 15.1. The van der Waals surface area contributed by atoms with Crippen molar-refractivity contribution >= 4 is 34.4 Å². The molecule has 1 fully saturated rings. The second kappa shape index (κ2) is 12.7. The Morgan fingerprint density at radius 3 is 2.30 bits per heavy atom. The highest BCUT2D eigenvalue weighted by atomic mass is 35.5. The number of anilines is 1. The summed E-state index contributed by atoms with van der Waals surface area (Å²) in [5, 5.41) is 11.2. The summed E-state index contributed by atoms with van der Waals surface area (Å²) in [6.45, 7) is 14.8. The largest absolute Gasteiger partial charge is 0.444 e. The molecule has 240 valence electrons. The Hall–Kier alpha value is -4.49. The predicted octanol–water partition coefficient (Wildman–Crippen LogP) is 7.42. The molecule has 0 aliphatic carbocycles. The van der Waals surface area contributed by atoms with Gasteiger partial charge in [0.2, 0.25) is 0 Å². The number of rotatable bonds is 5. The van der Waals surface area contributed by atoms with Crippen LogP contribution in [-0.2, 0) is 4.74 Å². The van der Waals surface area contributed by atoms with Gasteiger partial charge in [-0.15, -0.1) is 0 Å². The van der Waals surface area contributed by atoms with Crippen LogP contribution in [0.5, 0.6) is 0 Å². The minimum Gasteiger partial charge on any atom is -0.444 e. The first-order valence-corrected chi connectivity index (χ1v) is 15.8. The van der Waals surface area contributed by atoms with Gasteiger partial charge in [0.1, 0.15) is 28.7 Å². The van der Waals surface area contributed by atoms with Gasteiger partial charge < -0.3 is 14.5 Å². The molecule has 0 N–H and O–H groups in total. The number of carbonyl (C=O) groups is 1. The van der Waals surface area contributed by atoms with Crippen molar-refractivity contribution in [1.82, 2.24) is 19.4 Å². The van der Waals surface area contributed by atoms with E-state index in [1.807, 2.05) is 59.4 Å². The van der Waals surface area contributed by atoms with Gasteiger partial charge in [-0.3, -0.25) is 14.3 Å². The van der Waals surface area contributed by atoms with Crippen LogP contribution in [0, 0.1) is 17.1 Å². The monoisotopic (exact) mass is 644 g/mol. The Balaban J connectivity index is 1.81. The minimum atomic E-state index is -0.642. The van der Waals surface area contributed by atoms with Gasteiger partial charge in [0.25, 0.3) is 5.56 Å². The molecule has 9 nitrogen and oxygen atoms in total. The SMILES string of the molecule is CC(C)c1ccnc(C(C)C)c1-n1c(=O)c(C#N)c(N2CCN(C(=O)OC(C)(C)C)CC2)c2cc(Cl)c(-c3ccccc3F)nc21. The molecule has 0 radical (unpaired) electrons. The maximum absolute atomic E-state index is 15.1. The van der Waals surface area contributed by atoms with Gasteiger partial charge in [-0.1, -0.05) is 51.4 Å². The topological polar surface area (TPSA) is 104 Å². The van der Waals surface area contributed by atoms with Gasteiger partial charge in [-0.05, 0) is 62.4 Å². The zero-order valence-electron chi connectivity index (χ0n) is 27.2. The lowest BCUT2D eigenvalue weighted by atomic mass is 9.96. The Bertz CT molecular complexity index is 1890. The fourth-order valence-corrected chi connectivity index (χ4v) is 6.06. The summed E-state index contributed by atoms with van der Waals surface area (Å²) in [6, 6.07) is 11.9. The van der Waals surface area contributed by atoms with E-state index < -0.39 is 23.1 Å². The molecule has 1 aromatic carbocycles. The lowest BCUT2D eigenvalue weighted by Gasteiger charge is -2.37. The average Bonchev–Trinajstić information content (AvgIpc) is 2.99. The van der Waals surface area contributed by atoms with Crippen molar-refractivity contribution in [2.45, 2.75) is 65.9 Å². The number of benzene rings is 1. The molecule has 4 aromatic rings. The summed E-state index contributed by atoms with van der Waals surface area (Å²) in [5.74, 6) is -0.577. The van der Waals surface area contributed by atoms with E-state index >= 15 is 4.39 Å². The number of halogens is 2. The summed E-state index contributed by atoms with van der Waals surface area (Å²) in [6.07, 6.45) is 1.30. The van der Waals surface area contributed by atoms with Crippen LogP contribution in [0.15, 0.2) is 47.4 Å². The molecule has 4 heterocycles. The molecule has 1 aliphatic heterocycles. The quantitative estimate of drug-likeness (QED) is 0.223. The van der Waals surface area contributed by atoms with Crippen molar-refractivity contribution < 1.29 is 13.9 Å². The summed E-state index contributed by atoms with van der Waals surface area (Å²) in [5.41, 5.74) is 1.75. The predicted molar refractivity (Wildman–Crippen MR) is 178 cm³/mol. The fraction of sp³-hybridized carbons (Fsp3) is 0.400. The zero-order chi connectivity index (χ0) is 33.5. The van der Waals surface area contributed by atoms with E-state index in [9.17, 15) is 14.9 Å². The number of carbonyl (C=O) groups excluding carboxylic acids is 1. The van der Waals surface area contributed by atoms with Crippen LogP contribution in [0.4, 0.5) is 14.9 Å². The summed E-state index contributed by atoms with van der Waals surface area (Å²) >= 11 is 6.84. The highest BCUT2D eigenvalue weighted by Gasteiger charge is 2.31. The van der Waals surface area contributed by atoms with Gasteiger partial charge in [-0.2, -0.15) is 5.26 Å². The van der Waals surface area contributed by atoms with Crippen LogP contribution < -0.4 is 10.5 Å². The van der Waals surface area contributed by atoms with Gasteiger partial charge in [0.15, 0.2) is 0 Å².